The Hall–Kier alpha value is -1.26. The molecule has 1 aromatic carbocycles. The van der Waals surface area contributed by atoms with Crippen LogP contribution in [-0.4, -0.2) is 16.3 Å². The Morgan fingerprint density at radius 1 is 1.50 bits per heavy atom. The summed E-state index contributed by atoms with van der Waals surface area (Å²) in [5.41, 5.74) is -0.108. The number of halogens is 1. The van der Waals surface area contributed by atoms with Gasteiger partial charge in [0.15, 0.2) is 5.75 Å². The van der Waals surface area contributed by atoms with E-state index in [2.05, 4.69) is 4.89 Å². The largest absolute Gasteiger partial charge is 0.478 e. The van der Waals surface area contributed by atoms with Gasteiger partial charge in [-0.1, -0.05) is 17.7 Å². The summed E-state index contributed by atoms with van der Waals surface area (Å²) in [6.45, 7) is 0. The molecule has 1 aromatic rings. The Bertz CT molecular complexity index is 310. The van der Waals surface area contributed by atoms with Crippen LogP contribution in [0.2, 0.25) is 5.02 Å². The molecule has 4 nitrogen and oxygen atoms in total. The van der Waals surface area contributed by atoms with Crippen LogP contribution in [0.25, 0.3) is 0 Å². The smallest absolute Gasteiger partial charge is 0.337 e. The normalized spacial score (nSPS) is 9.50. The minimum Gasteiger partial charge on any atom is -0.478 e. The van der Waals surface area contributed by atoms with Crippen LogP contribution in [0.1, 0.15) is 10.4 Å². The Labute approximate surface area is 72.9 Å². The summed E-state index contributed by atoms with van der Waals surface area (Å²) in [5, 5.41) is 16.7. The molecule has 0 unspecified atom stereocenters. The fraction of sp³-hybridized carbons (Fsp3) is 0. The van der Waals surface area contributed by atoms with Crippen molar-refractivity contribution >= 4 is 17.6 Å². The lowest BCUT2D eigenvalue weighted by Crippen LogP contribution is -1.98. The average Bonchev–Trinajstić information content (AvgIpc) is 2.04. The van der Waals surface area contributed by atoms with Crippen LogP contribution in [0.15, 0.2) is 18.2 Å². The zero-order chi connectivity index (χ0) is 9.14. The Morgan fingerprint density at radius 3 is 2.67 bits per heavy atom. The van der Waals surface area contributed by atoms with Gasteiger partial charge in [0.25, 0.3) is 0 Å². The molecular weight excluding hydrogens is 184 g/mol. The lowest BCUT2D eigenvalue weighted by Gasteiger charge is -2.01. The quantitative estimate of drug-likeness (QED) is 0.550. The predicted octanol–water partition coefficient (Wildman–Crippen LogP) is 1.89. The van der Waals surface area contributed by atoms with Crippen LogP contribution in [0.5, 0.6) is 5.75 Å². The number of benzene rings is 1. The maximum atomic E-state index is 10.5. The molecule has 12 heavy (non-hydrogen) atoms. The van der Waals surface area contributed by atoms with Gasteiger partial charge in [0.1, 0.15) is 5.02 Å². The average molecular weight is 189 g/mol. The van der Waals surface area contributed by atoms with Gasteiger partial charge in [0, 0.05) is 0 Å². The highest BCUT2D eigenvalue weighted by molar-refractivity contribution is 6.34. The van der Waals surface area contributed by atoms with Crippen LogP contribution >= 0.6 is 11.6 Å². The SMILES string of the molecule is O=C(O)c1cccc(OO)c1Cl. The summed E-state index contributed by atoms with van der Waals surface area (Å²) in [6.07, 6.45) is 0. The molecule has 0 saturated heterocycles. The van der Waals surface area contributed by atoms with Crippen molar-refractivity contribution in [3.63, 3.8) is 0 Å². The van der Waals surface area contributed by atoms with Crippen LogP contribution < -0.4 is 4.89 Å². The molecule has 1 rings (SSSR count). The highest BCUT2D eigenvalue weighted by atomic mass is 35.5. The maximum absolute atomic E-state index is 10.5. The molecule has 0 atom stereocenters. The molecule has 64 valence electrons. The first-order chi connectivity index (χ1) is 5.66. The monoisotopic (exact) mass is 188 g/mol. The van der Waals surface area contributed by atoms with Gasteiger partial charge in [-0.15, -0.1) is 0 Å². The number of carbonyl (C=O) groups is 1. The highest BCUT2D eigenvalue weighted by Gasteiger charge is 2.12. The van der Waals surface area contributed by atoms with Gasteiger partial charge < -0.3 is 9.99 Å². The first kappa shape index (κ1) is 8.83. The van der Waals surface area contributed by atoms with E-state index in [0.717, 1.165) is 0 Å². The number of hydrogen-bond acceptors (Lipinski definition) is 3. The standard InChI is InChI=1S/C7H5ClO4/c8-6-4(7(9)10)2-1-3-5(6)12-11/h1-3,11H,(H,9,10). The second kappa shape index (κ2) is 3.42. The summed E-state index contributed by atoms with van der Waals surface area (Å²) >= 11 is 5.54. The molecule has 0 aliphatic rings. The van der Waals surface area contributed by atoms with Gasteiger partial charge >= 0.3 is 5.97 Å². The molecule has 2 N–H and O–H groups in total. The summed E-state index contributed by atoms with van der Waals surface area (Å²) in [7, 11) is 0. The van der Waals surface area contributed by atoms with Crippen molar-refractivity contribution in [2.45, 2.75) is 0 Å². The van der Waals surface area contributed by atoms with Crippen LogP contribution in [-0.2, 0) is 0 Å². The van der Waals surface area contributed by atoms with Crippen molar-refractivity contribution < 1.29 is 20.0 Å². The van der Waals surface area contributed by atoms with E-state index >= 15 is 0 Å². The molecule has 0 aliphatic heterocycles. The molecular formula is C7H5ClO4. The number of rotatable bonds is 2. The van der Waals surface area contributed by atoms with E-state index in [1.165, 1.54) is 18.2 Å². The fourth-order valence-corrected chi connectivity index (χ4v) is 0.988. The van der Waals surface area contributed by atoms with Crippen LogP contribution in [0.3, 0.4) is 0 Å². The molecule has 0 saturated carbocycles. The van der Waals surface area contributed by atoms with Crippen molar-refractivity contribution in [1.29, 1.82) is 0 Å². The molecule has 0 fully saturated rings. The lowest BCUT2D eigenvalue weighted by atomic mass is 10.2. The third kappa shape index (κ3) is 1.49. The highest BCUT2D eigenvalue weighted by Crippen LogP contribution is 2.27. The van der Waals surface area contributed by atoms with Crippen molar-refractivity contribution in [2.75, 3.05) is 0 Å². The van der Waals surface area contributed by atoms with E-state index < -0.39 is 5.97 Å². The maximum Gasteiger partial charge on any atom is 0.337 e. The molecule has 0 amide bonds. The zero-order valence-corrected chi connectivity index (χ0v) is 6.58. The molecule has 0 spiro atoms. The summed E-state index contributed by atoms with van der Waals surface area (Å²) in [5.74, 6) is -1.24. The number of carboxylic acid groups (broad SMARTS) is 1. The van der Waals surface area contributed by atoms with E-state index in [4.69, 9.17) is 22.0 Å². The Morgan fingerprint density at radius 2 is 2.17 bits per heavy atom. The van der Waals surface area contributed by atoms with Crippen molar-refractivity contribution in [1.82, 2.24) is 0 Å². The number of aromatic carboxylic acids is 1. The predicted molar refractivity (Wildman–Crippen MR) is 41.7 cm³/mol. The van der Waals surface area contributed by atoms with E-state index in [9.17, 15) is 4.79 Å². The van der Waals surface area contributed by atoms with E-state index in [1.807, 2.05) is 0 Å². The molecule has 0 aromatic heterocycles. The summed E-state index contributed by atoms with van der Waals surface area (Å²) in [6, 6.07) is 4.09. The van der Waals surface area contributed by atoms with Gasteiger partial charge in [-0.05, 0) is 12.1 Å². The van der Waals surface area contributed by atoms with Crippen LogP contribution in [0, 0.1) is 0 Å². The third-order valence-corrected chi connectivity index (χ3v) is 1.68. The lowest BCUT2D eigenvalue weighted by molar-refractivity contribution is -0.137. The summed E-state index contributed by atoms with van der Waals surface area (Å²) < 4.78 is 0. The topological polar surface area (TPSA) is 66.8 Å². The second-order valence-corrected chi connectivity index (χ2v) is 2.39. The van der Waals surface area contributed by atoms with Crippen LogP contribution in [0.4, 0.5) is 0 Å². The molecule has 0 bridgehead atoms. The molecule has 5 heteroatoms. The number of carboxylic acids is 1. The first-order valence-electron chi connectivity index (χ1n) is 3.00. The van der Waals surface area contributed by atoms with Gasteiger partial charge in [0.05, 0.1) is 5.56 Å². The van der Waals surface area contributed by atoms with Gasteiger partial charge in [-0.3, -0.25) is 0 Å². The summed E-state index contributed by atoms with van der Waals surface area (Å²) in [4.78, 5) is 14.3. The van der Waals surface area contributed by atoms with Gasteiger partial charge in [-0.25, -0.2) is 10.1 Å². The minimum atomic E-state index is -1.17. The van der Waals surface area contributed by atoms with Crippen molar-refractivity contribution in [3.05, 3.63) is 28.8 Å². The van der Waals surface area contributed by atoms with Gasteiger partial charge in [-0.2, -0.15) is 0 Å². The van der Waals surface area contributed by atoms with Crippen molar-refractivity contribution in [2.24, 2.45) is 0 Å². The molecule has 0 radical (unpaired) electrons. The Balaban J connectivity index is 3.23. The third-order valence-electron chi connectivity index (χ3n) is 1.29. The molecule has 0 aliphatic carbocycles. The number of hydrogen-bond donors (Lipinski definition) is 2. The zero-order valence-electron chi connectivity index (χ0n) is 5.82. The van der Waals surface area contributed by atoms with Crippen molar-refractivity contribution in [3.8, 4) is 5.75 Å². The van der Waals surface area contributed by atoms with E-state index in [-0.39, 0.29) is 16.3 Å². The second-order valence-electron chi connectivity index (χ2n) is 2.01. The first-order valence-corrected chi connectivity index (χ1v) is 3.38. The van der Waals surface area contributed by atoms with E-state index in [0.29, 0.717) is 0 Å². The fourth-order valence-electron chi connectivity index (χ4n) is 0.746. The minimum absolute atomic E-state index is 0.0726. The molecule has 0 heterocycles. The van der Waals surface area contributed by atoms with E-state index in [1.54, 1.807) is 0 Å². The Kier molecular flexibility index (Phi) is 2.52. The van der Waals surface area contributed by atoms with Gasteiger partial charge in [0.2, 0.25) is 0 Å².